The van der Waals surface area contributed by atoms with E-state index in [0.717, 1.165) is 31.8 Å². The van der Waals surface area contributed by atoms with Gasteiger partial charge >= 0.3 is 24.1 Å². The van der Waals surface area contributed by atoms with Crippen molar-refractivity contribution in [2.75, 3.05) is 19.8 Å². The van der Waals surface area contributed by atoms with Gasteiger partial charge in [0.15, 0.2) is 12.4 Å². The largest absolute Gasteiger partial charge is 0.460 e. The normalized spacial score (nSPS) is 25.3. The van der Waals surface area contributed by atoms with Gasteiger partial charge in [0, 0.05) is 42.9 Å². The molecule has 2 saturated heterocycles. The lowest BCUT2D eigenvalue weighted by atomic mass is 9.91. The number of hydrogen-bond acceptors (Lipinski definition) is 11. The molecule has 2 saturated carbocycles. The van der Waals surface area contributed by atoms with Crippen LogP contribution in [0, 0.1) is 11.8 Å². The minimum atomic E-state index is -4.65. The predicted molar refractivity (Wildman–Crippen MR) is 191 cm³/mol. The number of rotatable bonds is 14. The fourth-order valence-corrected chi connectivity index (χ4v) is 7.52. The molecule has 0 aromatic heterocycles. The summed E-state index contributed by atoms with van der Waals surface area (Å²) in [4.78, 5) is 66.7. The average molecular weight is 791 g/mol. The van der Waals surface area contributed by atoms with Crippen LogP contribution in [0.25, 0.3) is 6.08 Å². The van der Waals surface area contributed by atoms with Gasteiger partial charge in [0.25, 0.3) is 0 Å². The van der Waals surface area contributed by atoms with Gasteiger partial charge in [0.2, 0.25) is 11.8 Å². The van der Waals surface area contributed by atoms with Crippen LogP contribution < -0.4 is 5.32 Å². The van der Waals surface area contributed by atoms with Crippen molar-refractivity contribution in [3.63, 3.8) is 0 Å². The molecule has 5 atom stereocenters. The fraction of sp³-hybridized carbons (Fsp3) is 0.625. The van der Waals surface area contributed by atoms with E-state index in [0.29, 0.717) is 30.5 Å². The number of amides is 2. The molecular weight excluding hydrogens is 741 g/mol. The van der Waals surface area contributed by atoms with E-state index >= 15 is 0 Å². The monoisotopic (exact) mass is 790 g/mol. The second kappa shape index (κ2) is 16.7. The van der Waals surface area contributed by atoms with Crippen molar-refractivity contribution in [3.8, 4) is 0 Å². The Hall–Kier alpha value is -4.28. The molecule has 2 N–H and O–H groups in total. The van der Waals surface area contributed by atoms with Crippen LogP contribution in [-0.2, 0) is 42.9 Å². The smallest absolute Gasteiger partial charge is 0.422 e. The first-order valence-corrected chi connectivity index (χ1v) is 19.2. The quantitative estimate of drug-likeness (QED) is 0.154. The van der Waals surface area contributed by atoms with Crippen LogP contribution in [0.4, 0.5) is 13.2 Å². The van der Waals surface area contributed by atoms with Gasteiger partial charge in [0.05, 0.1) is 18.2 Å². The second-order valence-corrected chi connectivity index (χ2v) is 16.1. The topological polar surface area (TPSA) is 167 Å². The van der Waals surface area contributed by atoms with Gasteiger partial charge in [0.1, 0.15) is 30.0 Å². The summed E-state index contributed by atoms with van der Waals surface area (Å²) in [6, 6.07) is 4.31. The first kappa shape index (κ1) is 41.4. The molecule has 0 spiro atoms. The van der Waals surface area contributed by atoms with Crippen LogP contribution in [0.15, 0.2) is 42.0 Å². The molecule has 1 aromatic carbocycles. The second-order valence-electron chi connectivity index (χ2n) is 16.1. The van der Waals surface area contributed by atoms with Crippen LogP contribution >= 0.6 is 0 Å². The van der Waals surface area contributed by atoms with Crippen molar-refractivity contribution >= 4 is 35.8 Å². The van der Waals surface area contributed by atoms with Crippen molar-refractivity contribution in [2.45, 2.75) is 127 Å². The van der Waals surface area contributed by atoms with E-state index in [9.17, 15) is 42.3 Å². The highest BCUT2D eigenvalue weighted by Gasteiger charge is 2.64. The number of fused-ring (bicyclic) bond motifs is 1. The number of aliphatic hydroxyl groups is 1. The third-order valence-corrected chi connectivity index (χ3v) is 10.4. The first-order valence-electron chi connectivity index (χ1n) is 19.2. The lowest BCUT2D eigenvalue weighted by Gasteiger charge is -2.33. The third kappa shape index (κ3) is 10.4. The summed E-state index contributed by atoms with van der Waals surface area (Å²) in [5.74, 6) is -3.64. The van der Waals surface area contributed by atoms with E-state index in [1.807, 2.05) is 0 Å². The predicted octanol–water partition coefficient (Wildman–Crippen LogP) is 4.55. The van der Waals surface area contributed by atoms with E-state index < -0.39 is 90.9 Å². The van der Waals surface area contributed by atoms with Gasteiger partial charge in [-0.15, -0.1) is 0 Å². The van der Waals surface area contributed by atoms with Gasteiger partial charge in [-0.1, -0.05) is 12.1 Å². The van der Waals surface area contributed by atoms with Crippen molar-refractivity contribution < 1.29 is 65.9 Å². The zero-order valence-electron chi connectivity index (χ0n) is 31.7. The molecule has 2 heterocycles. The Morgan fingerprint density at radius 1 is 1.02 bits per heavy atom. The number of aliphatic hydroxyl groups excluding tert-OH is 1. The number of carbonyl (C=O) groups is 5. The minimum absolute atomic E-state index is 0.00135. The van der Waals surface area contributed by atoms with Gasteiger partial charge in [-0.3, -0.25) is 14.4 Å². The van der Waals surface area contributed by atoms with Gasteiger partial charge < -0.3 is 39.0 Å². The Morgan fingerprint density at radius 2 is 1.70 bits per heavy atom. The van der Waals surface area contributed by atoms with Crippen molar-refractivity contribution in [3.05, 3.63) is 53.1 Å². The molecule has 56 heavy (non-hydrogen) atoms. The molecule has 2 amide bonds. The summed E-state index contributed by atoms with van der Waals surface area (Å²) in [5.41, 5.74) is 0.214. The number of esters is 3. The molecule has 0 bridgehead atoms. The number of halogens is 3. The third-order valence-electron chi connectivity index (χ3n) is 10.4. The Bertz CT molecular complexity index is 1700. The summed E-state index contributed by atoms with van der Waals surface area (Å²) in [7, 11) is 0. The summed E-state index contributed by atoms with van der Waals surface area (Å²) in [5, 5.41) is 12.8. The van der Waals surface area contributed by atoms with Crippen LogP contribution in [0.5, 0.6) is 0 Å². The zero-order chi connectivity index (χ0) is 40.4. The molecule has 4 fully saturated rings. The molecule has 2 aliphatic heterocycles. The zero-order valence-corrected chi connectivity index (χ0v) is 31.7. The maximum Gasteiger partial charge on any atom is 0.422 e. The van der Waals surface area contributed by atoms with E-state index in [1.165, 1.54) is 35.2 Å². The maximum absolute atomic E-state index is 14.2. The molecule has 13 nitrogen and oxygen atoms in total. The molecule has 1 aromatic rings. The van der Waals surface area contributed by atoms with Crippen LogP contribution in [0.3, 0.4) is 0 Å². The van der Waals surface area contributed by atoms with Crippen molar-refractivity contribution in [1.82, 2.24) is 10.2 Å². The Morgan fingerprint density at radius 3 is 2.30 bits per heavy atom. The molecule has 6 rings (SSSR count). The van der Waals surface area contributed by atoms with Gasteiger partial charge in [-0.2, -0.15) is 13.2 Å². The highest BCUT2D eigenvalue weighted by atomic mass is 19.4. The molecule has 5 aliphatic rings. The molecule has 3 aliphatic carbocycles. The summed E-state index contributed by atoms with van der Waals surface area (Å²) in [6.07, 6.45) is 1.75. The number of ether oxygens (including phenoxy) is 5. The Balaban J connectivity index is 1.13. The standard InChI is InChI=1S/C40H49F3N2O11/c1-38(2,3)55-33(48)17-15-28(21-46)44-35(49)29-5-4-18-45(29)36(50)25-19-30(34-31(20-25)54-40(56-34,26-11-12-26)27-13-14-27)53-37(51)24-9-6-23(7-10-24)8-16-32(47)52-22-39(41,42)43/h6-10,16,20,26-31,34,46H,4-5,11-15,17-19,21-22H2,1-3H3,(H,44,49). The number of benzene rings is 1. The number of alkyl halides is 3. The molecule has 0 radical (unpaired) electrons. The summed E-state index contributed by atoms with van der Waals surface area (Å²) in [6.45, 7) is 3.44. The van der Waals surface area contributed by atoms with Crippen molar-refractivity contribution in [2.24, 2.45) is 11.8 Å². The van der Waals surface area contributed by atoms with E-state index in [1.54, 1.807) is 26.8 Å². The molecule has 306 valence electrons. The number of likely N-dealkylation sites (tertiary alicyclic amines) is 1. The van der Waals surface area contributed by atoms with Gasteiger partial charge in [-0.25, -0.2) is 9.59 Å². The maximum atomic E-state index is 14.2. The molecule has 16 heteroatoms. The number of nitrogens with one attached hydrogen (secondary N) is 1. The van der Waals surface area contributed by atoms with Gasteiger partial charge in [-0.05, 0) is 95.6 Å². The lowest BCUT2D eigenvalue weighted by Crippen LogP contribution is -2.51. The summed E-state index contributed by atoms with van der Waals surface area (Å²) >= 11 is 0. The van der Waals surface area contributed by atoms with E-state index in [4.69, 9.17) is 18.9 Å². The van der Waals surface area contributed by atoms with Crippen LogP contribution in [0.1, 0.15) is 94.5 Å². The number of nitrogens with zero attached hydrogens (tertiary/aromatic N) is 1. The Labute approximate surface area is 322 Å². The Kier molecular flexibility index (Phi) is 12.3. The van der Waals surface area contributed by atoms with E-state index in [-0.39, 0.29) is 36.7 Å². The lowest BCUT2D eigenvalue weighted by molar-refractivity contribution is -0.209. The minimum Gasteiger partial charge on any atom is -0.460 e. The van der Waals surface area contributed by atoms with Crippen LogP contribution in [0.2, 0.25) is 0 Å². The van der Waals surface area contributed by atoms with Crippen LogP contribution in [-0.4, -0.2) is 107 Å². The molecular formula is C40H49F3N2O11. The SMILES string of the molecule is CC(C)(C)OC(=O)CCC(CO)NC(=O)C1CCCN1C(=O)C1=CC2OC(C3CC3)(C3CC3)OC2C(OC(=O)c2ccc(C=CC(=O)OCC(F)(F)F)cc2)C1. The average Bonchev–Trinajstić information content (AvgIpc) is 4.08. The van der Waals surface area contributed by atoms with Crippen molar-refractivity contribution in [1.29, 1.82) is 0 Å². The first-order chi connectivity index (χ1) is 26.4. The highest BCUT2D eigenvalue weighted by molar-refractivity contribution is 5.98. The summed E-state index contributed by atoms with van der Waals surface area (Å²) < 4.78 is 65.9. The molecule has 5 unspecified atom stereocenters. The number of hydrogen-bond donors (Lipinski definition) is 2. The fourth-order valence-electron chi connectivity index (χ4n) is 7.52. The van der Waals surface area contributed by atoms with E-state index in [2.05, 4.69) is 10.1 Å². The highest BCUT2D eigenvalue weighted by Crippen LogP contribution is 2.59. The number of carbonyl (C=O) groups excluding carboxylic acids is 5.